The second-order valence-electron chi connectivity index (χ2n) is 9.45. The van der Waals surface area contributed by atoms with Gasteiger partial charge in [-0.05, 0) is 37.3 Å². The van der Waals surface area contributed by atoms with Gasteiger partial charge < -0.3 is 47.9 Å². The van der Waals surface area contributed by atoms with Crippen LogP contribution in [0.3, 0.4) is 0 Å². The number of fused-ring (bicyclic) bond motifs is 1. The van der Waals surface area contributed by atoms with Crippen LogP contribution in [0.4, 0.5) is 0 Å². The van der Waals surface area contributed by atoms with Crippen molar-refractivity contribution in [3.63, 3.8) is 0 Å². The van der Waals surface area contributed by atoms with Gasteiger partial charge >= 0.3 is 5.97 Å². The number of carbonyl (C=O) groups is 4. The predicted molar refractivity (Wildman–Crippen MR) is 143 cm³/mol. The van der Waals surface area contributed by atoms with E-state index in [-0.39, 0.29) is 31.9 Å². The molecule has 1 saturated heterocycles. The lowest BCUT2D eigenvalue weighted by atomic mass is 10.0. The Hall–Kier alpha value is -4.17. The van der Waals surface area contributed by atoms with Crippen LogP contribution in [0.25, 0.3) is 10.9 Å². The highest BCUT2D eigenvalue weighted by molar-refractivity contribution is 5.95. The lowest BCUT2D eigenvalue weighted by molar-refractivity contribution is -0.149. The predicted octanol–water partition coefficient (Wildman–Crippen LogP) is -1.87. The summed E-state index contributed by atoms with van der Waals surface area (Å²) in [5.41, 5.74) is 17.9. The number of likely N-dealkylation sites (tertiary alicyclic amines) is 1. The molecule has 1 aromatic carbocycles. The van der Waals surface area contributed by atoms with Gasteiger partial charge in [0.1, 0.15) is 24.2 Å². The average molecular weight is 545 g/mol. The summed E-state index contributed by atoms with van der Waals surface area (Å²) < 4.78 is 0. The van der Waals surface area contributed by atoms with E-state index in [9.17, 15) is 29.4 Å². The van der Waals surface area contributed by atoms with Gasteiger partial charge in [0.2, 0.25) is 17.7 Å². The number of nitrogens with one attached hydrogen (secondary N) is 3. The number of carboxylic acid groups (broad SMARTS) is 1. The maximum Gasteiger partial charge on any atom is 0.326 e. The number of aromatic nitrogens is 1. The molecule has 1 aliphatic rings. The Labute approximate surface area is 225 Å². The second kappa shape index (κ2) is 13.6. The van der Waals surface area contributed by atoms with Crippen molar-refractivity contribution in [2.45, 2.75) is 56.3 Å². The summed E-state index contributed by atoms with van der Waals surface area (Å²) in [6.07, 6.45) is 3.10. The number of nitrogens with two attached hydrogens (primary N) is 3. The van der Waals surface area contributed by atoms with E-state index in [2.05, 4.69) is 20.6 Å². The topological polar surface area (TPSA) is 242 Å². The number of hydrogen-bond acceptors (Lipinski definition) is 7. The highest BCUT2D eigenvalue weighted by Crippen LogP contribution is 2.23. The molecule has 3 rings (SSSR count). The number of aliphatic hydroxyl groups is 1. The second-order valence-corrected chi connectivity index (χ2v) is 9.45. The largest absolute Gasteiger partial charge is 0.480 e. The summed E-state index contributed by atoms with van der Waals surface area (Å²) in [7, 11) is 0. The number of benzene rings is 1. The first-order chi connectivity index (χ1) is 18.6. The van der Waals surface area contributed by atoms with Crippen LogP contribution in [0.15, 0.2) is 35.5 Å². The summed E-state index contributed by atoms with van der Waals surface area (Å²) in [6.45, 7) is -0.179. The summed E-state index contributed by atoms with van der Waals surface area (Å²) in [5.74, 6) is -3.17. The zero-order valence-electron chi connectivity index (χ0n) is 21.5. The molecule has 0 bridgehead atoms. The van der Waals surface area contributed by atoms with Gasteiger partial charge in [0.05, 0.1) is 6.61 Å². The number of carbonyl (C=O) groups excluding carboxylic acids is 3. The maximum absolute atomic E-state index is 13.6. The molecular formula is C25H36N8O6. The molecule has 14 heteroatoms. The Morgan fingerprint density at radius 2 is 1.85 bits per heavy atom. The Morgan fingerprint density at radius 1 is 1.13 bits per heavy atom. The fourth-order valence-electron chi connectivity index (χ4n) is 4.61. The molecule has 1 fully saturated rings. The third-order valence-corrected chi connectivity index (χ3v) is 6.65. The minimum absolute atomic E-state index is 0.0856. The Bertz CT molecular complexity index is 1210. The van der Waals surface area contributed by atoms with Gasteiger partial charge in [0.25, 0.3) is 0 Å². The molecule has 212 valence electrons. The average Bonchev–Trinajstić information content (AvgIpc) is 3.56. The van der Waals surface area contributed by atoms with Crippen molar-refractivity contribution in [2.24, 2.45) is 22.2 Å². The normalized spacial score (nSPS) is 17.3. The molecule has 11 N–H and O–H groups in total. The number of H-pyrrole nitrogens is 1. The SMILES string of the molecule is NC(N)=NCCCC(NC(=O)C(N)CO)C(=O)NC(Cc1c[nH]c2ccccc12)C(=O)N1CCCC1C(=O)O. The highest BCUT2D eigenvalue weighted by Gasteiger charge is 2.38. The molecule has 39 heavy (non-hydrogen) atoms. The zero-order valence-corrected chi connectivity index (χ0v) is 21.5. The van der Waals surface area contributed by atoms with Gasteiger partial charge in [-0.3, -0.25) is 19.4 Å². The number of hydrogen-bond donors (Lipinski definition) is 8. The minimum atomic E-state index is -1.25. The molecular weight excluding hydrogens is 508 g/mol. The van der Waals surface area contributed by atoms with E-state index >= 15 is 0 Å². The highest BCUT2D eigenvalue weighted by atomic mass is 16.4. The summed E-state index contributed by atoms with van der Waals surface area (Å²) in [4.78, 5) is 59.5. The molecule has 4 unspecified atom stereocenters. The van der Waals surface area contributed by atoms with Gasteiger partial charge in [-0.1, -0.05) is 18.2 Å². The first-order valence-electron chi connectivity index (χ1n) is 12.7. The molecule has 2 heterocycles. The lowest BCUT2D eigenvalue weighted by Crippen LogP contribution is -2.58. The third kappa shape index (κ3) is 7.67. The standard InChI is InChI=1S/C25H36N8O6/c26-16(13-34)21(35)31-18(7-3-9-29-25(27)28)22(36)32-19(23(37)33-10-4-8-20(33)24(38)39)11-14-12-30-17-6-2-1-5-15(14)17/h1-2,5-6,12,16,18-20,30,34H,3-4,7-11,13,26H2,(H,31,35)(H,32,36)(H,38,39)(H4,27,28,29). The van der Waals surface area contributed by atoms with Gasteiger partial charge in [-0.2, -0.15) is 0 Å². The van der Waals surface area contributed by atoms with Crippen molar-refractivity contribution >= 4 is 40.6 Å². The van der Waals surface area contributed by atoms with Crippen molar-refractivity contribution in [1.82, 2.24) is 20.5 Å². The molecule has 3 amide bonds. The molecule has 0 saturated carbocycles. The molecule has 2 aromatic rings. The van der Waals surface area contributed by atoms with Gasteiger partial charge in [-0.15, -0.1) is 0 Å². The molecule has 1 aromatic heterocycles. The van der Waals surface area contributed by atoms with E-state index < -0.39 is 54.5 Å². The van der Waals surface area contributed by atoms with Crippen molar-refractivity contribution in [3.8, 4) is 0 Å². The quantitative estimate of drug-likeness (QED) is 0.0798. The number of carboxylic acids is 1. The number of aliphatic carboxylic acids is 1. The van der Waals surface area contributed by atoms with E-state index in [1.807, 2.05) is 24.3 Å². The van der Waals surface area contributed by atoms with Crippen molar-refractivity contribution in [2.75, 3.05) is 19.7 Å². The molecule has 0 aliphatic carbocycles. The van der Waals surface area contributed by atoms with Gasteiger partial charge in [0.15, 0.2) is 5.96 Å². The van der Waals surface area contributed by atoms with Gasteiger partial charge in [0, 0.05) is 36.6 Å². The van der Waals surface area contributed by atoms with Crippen LogP contribution in [0, 0.1) is 0 Å². The third-order valence-electron chi connectivity index (χ3n) is 6.65. The number of aliphatic hydroxyl groups excluding tert-OH is 1. The Balaban J connectivity index is 1.86. The van der Waals surface area contributed by atoms with Crippen LogP contribution < -0.4 is 27.8 Å². The van der Waals surface area contributed by atoms with Gasteiger partial charge in [-0.25, -0.2) is 4.79 Å². The Kier molecular flexibility index (Phi) is 10.2. The van der Waals surface area contributed by atoms with E-state index in [1.165, 1.54) is 4.90 Å². The van der Waals surface area contributed by atoms with Crippen LogP contribution in [-0.4, -0.2) is 93.6 Å². The number of para-hydroxylation sites is 1. The fourth-order valence-corrected chi connectivity index (χ4v) is 4.61. The number of amides is 3. The van der Waals surface area contributed by atoms with Crippen molar-refractivity contribution in [3.05, 3.63) is 36.0 Å². The first-order valence-corrected chi connectivity index (χ1v) is 12.7. The summed E-state index contributed by atoms with van der Waals surface area (Å²) in [5, 5.41) is 25.0. The van der Waals surface area contributed by atoms with Crippen LogP contribution in [0.1, 0.15) is 31.2 Å². The van der Waals surface area contributed by atoms with E-state index in [1.54, 1.807) is 6.20 Å². The lowest BCUT2D eigenvalue weighted by Gasteiger charge is -2.29. The fraction of sp³-hybridized carbons (Fsp3) is 0.480. The van der Waals surface area contributed by atoms with Crippen LogP contribution in [0.5, 0.6) is 0 Å². The zero-order chi connectivity index (χ0) is 28.5. The molecule has 4 atom stereocenters. The number of guanidine groups is 1. The maximum atomic E-state index is 13.6. The minimum Gasteiger partial charge on any atom is -0.480 e. The number of aliphatic imine (C=N–C) groups is 1. The molecule has 1 aliphatic heterocycles. The van der Waals surface area contributed by atoms with Crippen LogP contribution in [0.2, 0.25) is 0 Å². The molecule has 0 spiro atoms. The van der Waals surface area contributed by atoms with Crippen molar-refractivity contribution < 1.29 is 29.4 Å². The number of nitrogens with zero attached hydrogens (tertiary/aromatic N) is 2. The summed E-state index contributed by atoms with van der Waals surface area (Å²) >= 11 is 0. The first kappa shape index (κ1) is 29.4. The molecule has 14 nitrogen and oxygen atoms in total. The van der Waals surface area contributed by atoms with E-state index in [0.717, 1.165) is 16.5 Å². The monoisotopic (exact) mass is 544 g/mol. The number of aromatic amines is 1. The van der Waals surface area contributed by atoms with Crippen molar-refractivity contribution in [1.29, 1.82) is 0 Å². The van der Waals surface area contributed by atoms with E-state index in [0.29, 0.717) is 19.3 Å². The van der Waals surface area contributed by atoms with Crippen LogP contribution >= 0.6 is 0 Å². The van der Waals surface area contributed by atoms with E-state index in [4.69, 9.17) is 17.2 Å². The Morgan fingerprint density at radius 3 is 2.54 bits per heavy atom. The smallest absolute Gasteiger partial charge is 0.326 e. The molecule has 0 radical (unpaired) electrons. The summed E-state index contributed by atoms with van der Waals surface area (Å²) in [6, 6.07) is 3.01. The number of rotatable bonds is 13. The van der Waals surface area contributed by atoms with Crippen LogP contribution in [-0.2, 0) is 25.6 Å².